The van der Waals surface area contributed by atoms with Crippen LogP contribution >= 0.6 is 15.9 Å². The summed E-state index contributed by atoms with van der Waals surface area (Å²) in [5.41, 5.74) is 5.59. The normalized spacial score (nSPS) is 20.7. The van der Waals surface area contributed by atoms with Crippen LogP contribution in [0.4, 0.5) is 0 Å². The predicted molar refractivity (Wildman–Crippen MR) is 76.6 cm³/mol. The first kappa shape index (κ1) is 14.8. The maximum atomic E-state index is 12.5. The minimum absolute atomic E-state index is 0.261. The van der Waals surface area contributed by atoms with Gasteiger partial charge < -0.3 is 10.5 Å². The second-order valence-electron chi connectivity index (χ2n) is 4.55. The molecule has 19 heavy (non-hydrogen) atoms. The average molecular weight is 349 g/mol. The van der Waals surface area contributed by atoms with E-state index < -0.39 is 10.0 Å². The molecule has 2 rings (SSSR count). The second-order valence-corrected chi connectivity index (χ2v) is 7.34. The summed E-state index contributed by atoms with van der Waals surface area (Å²) in [5.74, 6) is 0.872. The highest BCUT2D eigenvalue weighted by Gasteiger charge is 2.32. The number of hydrogen-bond donors (Lipinski definition) is 1. The van der Waals surface area contributed by atoms with Gasteiger partial charge in [0.05, 0.1) is 16.5 Å². The summed E-state index contributed by atoms with van der Waals surface area (Å²) in [6.45, 7) is 1.56. The van der Waals surface area contributed by atoms with E-state index in [1.165, 1.54) is 4.31 Å². The Hall–Kier alpha value is -0.630. The van der Waals surface area contributed by atoms with E-state index in [4.69, 9.17) is 10.5 Å². The molecule has 1 aliphatic heterocycles. The maximum absolute atomic E-state index is 12.5. The first-order chi connectivity index (χ1) is 8.98. The molecule has 0 aromatic heterocycles. The second kappa shape index (κ2) is 5.78. The Kier molecular flexibility index (Phi) is 4.50. The lowest BCUT2D eigenvalue weighted by molar-refractivity contribution is 0.411. The van der Waals surface area contributed by atoms with Gasteiger partial charge in [-0.05, 0) is 53.0 Å². The van der Waals surface area contributed by atoms with Crippen molar-refractivity contribution in [1.29, 1.82) is 0 Å². The van der Waals surface area contributed by atoms with Crippen molar-refractivity contribution in [2.75, 3.05) is 26.7 Å². The van der Waals surface area contributed by atoms with Crippen molar-refractivity contribution in [3.63, 3.8) is 0 Å². The number of nitrogens with two attached hydrogens (primary N) is 1. The summed E-state index contributed by atoms with van der Waals surface area (Å²) in [6, 6.07) is 4.78. The summed E-state index contributed by atoms with van der Waals surface area (Å²) in [5, 5.41) is 0. The molecule has 1 aliphatic rings. The number of benzene rings is 1. The molecule has 1 saturated heterocycles. The van der Waals surface area contributed by atoms with E-state index in [0.29, 0.717) is 29.9 Å². The van der Waals surface area contributed by atoms with Gasteiger partial charge >= 0.3 is 0 Å². The molecule has 1 unspecified atom stereocenters. The van der Waals surface area contributed by atoms with Gasteiger partial charge in [-0.25, -0.2) is 8.42 Å². The summed E-state index contributed by atoms with van der Waals surface area (Å²) in [7, 11) is -1.89. The van der Waals surface area contributed by atoms with Crippen LogP contribution in [-0.2, 0) is 10.0 Å². The van der Waals surface area contributed by atoms with Crippen LogP contribution in [0.1, 0.15) is 6.42 Å². The lowest BCUT2D eigenvalue weighted by Gasteiger charge is -2.17. The summed E-state index contributed by atoms with van der Waals surface area (Å²) >= 11 is 3.31. The quantitative estimate of drug-likeness (QED) is 0.893. The predicted octanol–water partition coefficient (Wildman–Crippen LogP) is 1.43. The lowest BCUT2D eigenvalue weighted by atomic mass is 10.1. The van der Waals surface area contributed by atoms with Crippen LogP contribution < -0.4 is 10.5 Å². The molecule has 5 nitrogen and oxygen atoms in total. The molecule has 1 fully saturated rings. The minimum atomic E-state index is -3.44. The molecule has 7 heteroatoms. The fourth-order valence-corrected chi connectivity index (χ4v) is 4.41. The number of sulfonamides is 1. The van der Waals surface area contributed by atoms with Crippen LogP contribution in [0.2, 0.25) is 0 Å². The van der Waals surface area contributed by atoms with Crippen molar-refractivity contribution in [2.24, 2.45) is 11.7 Å². The first-order valence-corrected chi connectivity index (χ1v) is 8.26. The topological polar surface area (TPSA) is 72.6 Å². The van der Waals surface area contributed by atoms with Crippen LogP contribution in [0, 0.1) is 5.92 Å². The molecule has 1 aromatic rings. The maximum Gasteiger partial charge on any atom is 0.243 e. The number of nitrogens with zero attached hydrogens (tertiary/aromatic N) is 1. The zero-order valence-electron chi connectivity index (χ0n) is 10.7. The average Bonchev–Trinajstić information content (AvgIpc) is 2.88. The highest BCUT2D eigenvalue weighted by molar-refractivity contribution is 9.10. The third-order valence-electron chi connectivity index (χ3n) is 3.34. The van der Waals surface area contributed by atoms with E-state index in [2.05, 4.69) is 15.9 Å². The largest absolute Gasteiger partial charge is 0.496 e. The molecular weight excluding hydrogens is 332 g/mol. The smallest absolute Gasteiger partial charge is 0.243 e. The number of halogens is 1. The fraction of sp³-hybridized carbons (Fsp3) is 0.500. The summed E-state index contributed by atoms with van der Waals surface area (Å²) in [6.07, 6.45) is 0.826. The van der Waals surface area contributed by atoms with Gasteiger partial charge in [0.1, 0.15) is 5.75 Å². The summed E-state index contributed by atoms with van der Waals surface area (Å²) < 4.78 is 32.2. The van der Waals surface area contributed by atoms with Crippen molar-refractivity contribution in [2.45, 2.75) is 11.3 Å². The van der Waals surface area contributed by atoms with E-state index in [-0.39, 0.29) is 10.8 Å². The van der Waals surface area contributed by atoms with E-state index in [1.54, 1.807) is 25.3 Å². The zero-order chi connectivity index (χ0) is 14.0. The molecule has 0 bridgehead atoms. The molecule has 106 valence electrons. The van der Waals surface area contributed by atoms with Crippen LogP contribution in [0.25, 0.3) is 0 Å². The Bertz CT molecular complexity index is 562. The Morgan fingerprint density at radius 3 is 2.79 bits per heavy atom. The van der Waals surface area contributed by atoms with Gasteiger partial charge in [-0.2, -0.15) is 4.31 Å². The van der Waals surface area contributed by atoms with Gasteiger partial charge in [0.15, 0.2) is 0 Å². The molecule has 0 aliphatic carbocycles. The summed E-state index contributed by atoms with van der Waals surface area (Å²) in [4.78, 5) is 0.276. The monoisotopic (exact) mass is 348 g/mol. The molecular formula is C12H17BrN2O3S. The molecule has 0 spiro atoms. The van der Waals surface area contributed by atoms with Crippen LogP contribution in [0.15, 0.2) is 27.6 Å². The Morgan fingerprint density at radius 1 is 1.53 bits per heavy atom. The standard InChI is InChI=1S/C12H17BrN2O3S/c1-18-12-3-2-10(6-11(12)13)19(16,17)15-5-4-9(7-14)8-15/h2-3,6,9H,4-5,7-8,14H2,1H3. The van der Waals surface area contributed by atoms with E-state index >= 15 is 0 Å². The fourth-order valence-electron chi connectivity index (χ4n) is 2.16. The van der Waals surface area contributed by atoms with E-state index in [0.717, 1.165) is 6.42 Å². The molecule has 1 heterocycles. The van der Waals surface area contributed by atoms with Gasteiger partial charge in [0, 0.05) is 13.1 Å². The van der Waals surface area contributed by atoms with Crippen LogP contribution in [-0.4, -0.2) is 39.5 Å². The van der Waals surface area contributed by atoms with Gasteiger partial charge in [-0.15, -0.1) is 0 Å². The number of hydrogen-bond acceptors (Lipinski definition) is 4. The molecule has 0 radical (unpaired) electrons. The number of methoxy groups -OCH3 is 1. The first-order valence-electron chi connectivity index (χ1n) is 6.02. The van der Waals surface area contributed by atoms with Gasteiger partial charge in [-0.3, -0.25) is 0 Å². The third-order valence-corrected chi connectivity index (χ3v) is 5.82. The van der Waals surface area contributed by atoms with Crippen molar-refractivity contribution in [3.05, 3.63) is 22.7 Å². The van der Waals surface area contributed by atoms with E-state index in [9.17, 15) is 8.42 Å². The molecule has 1 aromatic carbocycles. The van der Waals surface area contributed by atoms with Crippen molar-refractivity contribution in [3.8, 4) is 5.75 Å². The zero-order valence-corrected chi connectivity index (χ0v) is 13.1. The molecule has 2 N–H and O–H groups in total. The van der Waals surface area contributed by atoms with Crippen molar-refractivity contribution < 1.29 is 13.2 Å². The van der Waals surface area contributed by atoms with Crippen LogP contribution in [0.3, 0.4) is 0 Å². The number of ether oxygens (including phenoxy) is 1. The number of rotatable bonds is 4. The van der Waals surface area contributed by atoms with Gasteiger partial charge in [0.25, 0.3) is 0 Å². The molecule has 0 saturated carbocycles. The molecule has 1 atom stereocenters. The third kappa shape index (κ3) is 2.94. The van der Waals surface area contributed by atoms with Gasteiger partial charge in [0.2, 0.25) is 10.0 Å². The van der Waals surface area contributed by atoms with Crippen molar-refractivity contribution >= 4 is 26.0 Å². The minimum Gasteiger partial charge on any atom is -0.496 e. The van der Waals surface area contributed by atoms with Crippen LogP contribution in [0.5, 0.6) is 5.75 Å². The van der Waals surface area contributed by atoms with E-state index in [1.807, 2.05) is 0 Å². The SMILES string of the molecule is COc1ccc(S(=O)(=O)N2CCC(CN)C2)cc1Br. The molecule has 0 amide bonds. The highest BCUT2D eigenvalue weighted by Crippen LogP contribution is 2.30. The highest BCUT2D eigenvalue weighted by atomic mass is 79.9. The van der Waals surface area contributed by atoms with Crippen molar-refractivity contribution in [1.82, 2.24) is 4.31 Å². The Morgan fingerprint density at radius 2 is 2.26 bits per heavy atom. The van der Waals surface area contributed by atoms with Gasteiger partial charge in [-0.1, -0.05) is 0 Å². The Balaban J connectivity index is 2.27. The lowest BCUT2D eigenvalue weighted by Crippen LogP contribution is -2.30. The Labute approximate surface area is 121 Å².